The summed E-state index contributed by atoms with van der Waals surface area (Å²) in [6.07, 6.45) is 2.50. The summed E-state index contributed by atoms with van der Waals surface area (Å²) in [5.41, 5.74) is -0.238. The molecule has 0 unspecified atom stereocenters. The average Bonchev–Trinajstić information content (AvgIpc) is 2.83. The number of ether oxygens (including phenoxy) is 3. The van der Waals surface area contributed by atoms with Gasteiger partial charge in [0, 0.05) is 63.9 Å². The summed E-state index contributed by atoms with van der Waals surface area (Å²) >= 11 is 0. The number of ketones is 2. The Labute approximate surface area is 264 Å². The van der Waals surface area contributed by atoms with Crippen molar-refractivity contribution >= 4 is 29.8 Å². The first-order valence-electron chi connectivity index (χ1n) is 15.6. The molecule has 0 aromatic carbocycles. The van der Waals surface area contributed by atoms with Crippen LogP contribution in [0.25, 0.3) is 0 Å². The number of carbonyl (C=O) groups is 5. The minimum absolute atomic E-state index is 0.0406. The van der Waals surface area contributed by atoms with Crippen LogP contribution in [0.2, 0.25) is 0 Å². The molecule has 0 aromatic heterocycles. The van der Waals surface area contributed by atoms with E-state index in [2.05, 4.69) is 6.58 Å². The zero-order chi connectivity index (χ0) is 34.0. The molecule has 3 saturated heterocycles. The number of carbonyl (C=O) groups excluding carboxylic acids is 5. The van der Waals surface area contributed by atoms with Gasteiger partial charge in [-0.15, -0.1) is 0 Å². The number of Topliss-reactive ketones (excluding diaryl/α,β-unsaturated/α-hetero) is 2. The summed E-state index contributed by atoms with van der Waals surface area (Å²) in [6.45, 7) is 27.2. The third kappa shape index (κ3) is 15.6. The summed E-state index contributed by atoms with van der Waals surface area (Å²) in [5.74, 6) is 0.392. The van der Waals surface area contributed by atoms with Crippen molar-refractivity contribution in [3.8, 4) is 0 Å². The lowest BCUT2D eigenvalue weighted by Gasteiger charge is -2.34. The van der Waals surface area contributed by atoms with Crippen LogP contribution in [0.5, 0.6) is 0 Å². The molecule has 3 rings (SSSR count). The zero-order valence-corrected chi connectivity index (χ0v) is 29.0. The Morgan fingerprint density at radius 3 is 1.66 bits per heavy atom. The van der Waals surface area contributed by atoms with E-state index < -0.39 is 16.8 Å². The smallest absolute Gasteiger partial charge is 0.410 e. The predicted octanol–water partition coefficient (Wildman–Crippen LogP) is 6.38. The molecule has 0 bridgehead atoms. The largest absolute Gasteiger partial charge is 0.444 e. The Bertz CT molecular complexity index is 1040. The van der Waals surface area contributed by atoms with Crippen molar-refractivity contribution in [3.63, 3.8) is 0 Å². The van der Waals surface area contributed by atoms with Gasteiger partial charge >= 0.3 is 18.3 Å². The van der Waals surface area contributed by atoms with Gasteiger partial charge < -0.3 is 28.9 Å². The molecule has 3 aliphatic heterocycles. The molecule has 2 atom stereocenters. The summed E-state index contributed by atoms with van der Waals surface area (Å²) in [7, 11) is 0. The Morgan fingerprint density at radius 1 is 0.705 bits per heavy atom. The van der Waals surface area contributed by atoms with E-state index in [4.69, 9.17) is 14.2 Å². The molecule has 0 aromatic rings. The van der Waals surface area contributed by atoms with Gasteiger partial charge in [0.1, 0.15) is 28.4 Å². The van der Waals surface area contributed by atoms with E-state index in [0.29, 0.717) is 45.4 Å². The molecule has 11 heteroatoms. The number of likely N-dealkylation sites (tertiary alicyclic amines) is 3. The van der Waals surface area contributed by atoms with Gasteiger partial charge in [-0.05, 0) is 82.1 Å². The molecule has 0 aliphatic carbocycles. The highest BCUT2D eigenvalue weighted by Gasteiger charge is 2.31. The van der Waals surface area contributed by atoms with Gasteiger partial charge in [-0.2, -0.15) is 0 Å². The van der Waals surface area contributed by atoms with Crippen molar-refractivity contribution in [1.29, 1.82) is 0 Å². The molecular weight excluding hydrogens is 566 g/mol. The fraction of sp³-hybridized carbons (Fsp3) is 0.788. The van der Waals surface area contributed by atoms with Crippen LogP contribution in [0, 0.1) is 5.92 Å². The lowest BCUT2D eigenvalue weighted by atomic mass is 9.99. The van der Waals surface area contributed by atoms with Crippen LogP contribution in [-0.4, -0.2) is 100 Å². The van der Waals surface area contributed by atoms with E-state index >= 15 is 0 Å². The minimum Gasteiger partial charge on any atom is -0.444 e. The Balaban J connectivity index is 0.000000330. The maximum atomic E-state index is 11.7. The molecule has 0 N–H and O–H groups in total. The summed E-state index contributed by atoms with van der Waals surface area (Å²) in [6, 6.07) is -0.0406. The van der Waals surface area contributed by atoms with Gasteiger partial charge in [0.15, 0.2) is 0 Å². The van der Waals surface area contributed by atoms with Crippen LogP contribution in [0.3, 0.4) is 0 Å². The van der Waals surface area contributed by atoms with Gasteiger partial charge in [0.05, 0.1) is 0 Å². The molecule has 3 amide bonds. The second-order valence-corrected chi connectivity index (χ2v) is 14.8. The van der Waals surface area contributed by atoms with Crippen LogP contribution in [0.1, 0.15) is 108 Å². The number of nitrogens with zero attached hydrogens (tertiary/aromatic N) is 3. The fourth-order valence-electron chi connectivity index (χ4n) is 4.54. The normalized spacial score (nSPS) is 21.3. The molecule has 3 fully saturated rings. The molecule has 3 aliphatic rings. The highest BCUT2D eigenvalue weighted by molar-refractivity contribution is 5.83. The third-order valence-corrected chi connectivity index (χ3v) is 6.66. The van der Waals surface area contributed by atoms with Crippen molar-refractivity contribution in [1.82, 2.24) is 14.7 Å². The van der Waals surface area contributed by atoms with Gasteiger partial charge in [-0.3, -0.25) is 9.59 Å². The van der Waals surface area contributed by atoms with Gasteiger partial charge in [-0.1, -0.05) is 19.1 Å². The molecule has 252 valence electrons. The molecule has 44 heavy (non-hydrogen) atoms. The van der Waals surface area contributed by atoms with Crippen molar-refractivity contribution in [2.45, 2.75) is 131 Å². The number of rotatable bonds is 0. The van der Waals surface area contributed by atoms with Crippen molar-refractivity contribution in [3.05, 3.63) is 12.2 Å². The van der Waals surface area contributed by atoms with E-state index in [0.717, 1.165) is 25.0 Å². The van der Waals surface area contributed by atoms with E-state index in [1.54, 1.807) is 14.7 Å². The number of hydrogen-bond acceptors (Lipinski definition) is 8. The SMILES string of the molecule is C=C1CCCN(C(=O)OC(C)(C)C)C1.C[C@@H]1CC(=O)CCN1C(=O)OC(C)(C)C.C[C@H]1CN(C(=O)OC(C)(C)C)CCC1=O. The number of hydrogen-bond donors (Lipinski definition) is 0. The van der Waals surface area contributed by atoms with Crippen LogP contribution in [0.15, 0.2) is 12.2 Å². The van der Waals surface area contributed by atoms with Crippen LogP contribution in [0.4, 0.5) is 14.4 Å². The highest BCUT2D eigenvalue weighted by Crippen LogP contribution is 2.19. The van der Waals surface area contributed by atoms with Crippen LogP contribution < -0.4 is 0 Å². The second kappa shape index (κ2) is 16.3. The topological polar surface area (TPSA) is 123 Å². The van der Waals surface area contributed by atoms with E-state index in [-0.39, 0.29) is 41.8 Å². The number of piperidine rings is 3. The quantitative estimate of drug-likeness (QED) is 0.225. The first-order chi connectivity index (χ1) is 20.0. The molecular formula is C33H57N3O8. The van der Waals surface area contributed by atoms with Crippen molar-refractivity contribution in [2.24, 2.45) is 5.92 Å². The molecule has 0 saturated carbocycles. The molecule has 3 heterocycles. The molecule has 11 nitrogen and oxygen atoms in total. The first kappa shape index (κ1) is 38.9. The van der Waals surface area contributed by atoms with Gasteiger partial charge in [0.2, 0.25) is 0 Å². The highest BCUT2D eigenvalue weighted by atomic mass is 16.6. The lowest BCUT2D eigenvalue weighted by Crippen LogP contribution is -2.46. The maximum Gasteiger partial charge on any atom is 0.410 e. The summed E-state index contributed by atoms with van der Waals surface area (Å²) in [5, 5.41) is 0. The van der Waals surface area contributed by atoms with Crippen LogP contribution >= 0.6 is 0 Å². The maximum absolute atomic E-state index is 11.7. The van der Waals surface area contributed by atoms with E-state index in [9.17, 15) is 24.0 Å². The average molecular weight is 624 g/mol. The minimum atomic E-state index is -0.474. The molecule has 0 spiro atoms. The molecule has 0 radical (unpaired) electrons. The predicted molar refractivity (Wildman–Crippen MR) is 169 cm³/mol. The zero-order valence-electron chi connectivity index (χ0n) is 29.0. The monoisotopic (exact) mass is 623 g/mol. The van der Waals surface area contributed by atoms with E-state index in [1.807, 2.05) is 76.2 Å². The first-order valence-corrected chi connectivity index (χ1v) is 15.6. The summed E-state index contributed by atoms with van der Waals surface area (Å²) < 4.78 is 15.8. The Kier molecular flexibility index (Phi) is 14.4. The van der Waals surface area contributed by atoms with Crippen molar-refractivity contribution in [2.75, 3.05) is 32.7 Å². The fourth-order valence-corrected chi connectivity index (χ4v) is 4.54. The van der Waals surface area contributed by atoms with Crippen molar-refractivity contribution < 1.29 is 38.2 Å². The second-order valence-electron chi connectivity index (χ2n) is 14.8. The number of amides is 3. The van der Waals surface area contributed by atoms with Gasteiger partial charge in [0.25, 0.3) is 0 Å². The van der Waals surface area contributed by atoms with E-state index in [1.165, 1.54) is 0 Å². The Hall–Kier alpha value is -3.11. The van der Waals surface area contributed by atoms with Crippen LogP contribution in [-0.2, 0) is 23.8 Å². The third-order valence-electron chi connectivity index (χ3n) is 6.66. The lowest BCUT2D eigenvalue weighted by molar-refractivity contribution is -0.125. The summed E-state index contributed by atoms with van der Waals surface area (Å²) in [4.78, 5) is 62.4. The van der Waals surface area contributed by atoms with Gasteiger partial charge in [-0.25, -0.2) is 14.4 Å². The standard InChI is InChI=1S/2C11H19NO3.C11H19NO2/c1-8-7-12(6-5-9(8)13)10(14)15-11(2,3)4;1-8-7-9(13)5-6-12(8)10(14)15-11(2,3)4;1-9-6-5-7-12(8-9)10(13)14-11(2,3)4/h2*8H,5-7H2,1-4H3;1,5-8H2,2-4H3/t2*8-;/m01./s1. The Morgan fingerprint density at radius 2 is 1.20 bits per heavy atom.